The molecule has 0 aliphatic carbocycles. The van der Waals surface area contributed by atoms with Gasteiger partial charge in [0.1, 0.15) is 6.54 Å². The molecule has 0 saturated carbocycles. The van der Waals surface area contributed by atoms with Crippen LogP contribution in [0.4, 0.5) is 5.69 Å². The van der Waals surface area contributed by atoms with Crippen molar-refractivity contribution in [2.75, 3.05) is 18.4 Å². The number of carbonyl (C=O) groups excluding carboxylic acids is 1. The van der Waals surface area contributed by atoms with Crippen molar-refractivity contribution >= 4 is 11.6 Å². The quantitative estimate of drug-likeness (QED) is 0.760. The molecule has 0 atom stereocenters. The van der Waals surface area contributed by atoms with Gasteiger partial charge in [0.25, 0.3) is 0 Å². The lowest BCUT2D eigenvalue weighted by Crippen LogP contribution is -2.30. The van der Waals surface area contributed by atoms with Gasteiger partial charge in [-0.2, -0.15) is 5.26 Å². The summed E-state index contributed by atoms with van der Waals surface area (Å²) >= 11 is 0. The smallest absolute Gasteiger partial charge is 0.240 e. The van der Waals surface area contributed by atoms with E-state index >= 15 is 0 Å². The number of amides is 1. The van der Waals surface area contributed by atoms with E-state index in [9.17, 15) is 4.79 Å². The summed E-state index contributed by atoms with van der Waals surface area (Å²) in [5, 5.41) is 13.9. The van der Waals surface area contributed by atoms with E-state index in [0.717, 1.165) is 5.69 Å². The molecule has 4 heteroatoms. The molecule has 17 heavy (non-hydrogen) atoms. The zero-order chi connectivity index (χ0) is 12.7. The Kier molecular flexibility index (Phi) is 5.02. The van der Waals surface area contributed by atoms with Gasteiger partial charge in [-0.05, 0) is 17.5 Å². The van der Waals surface area contributed by atoms with Gasteiger partial charge in [0, 0.05) is 5.69 Å². The molecule has 90 valence electrons. The third-order valence-corrected chi connectivity index (χ3v) is 2.39. The first-order chi connectivity index (χ1) is 8.15. The van der Waals surface area contributed by atoms with E-state index in [0.29, 0.717) is 5.92 Å². The van der Waals surface area contributed by atoms with E-state index in [1.165, 1.54) is 5.56 Å². The zero-order valence-electron chi connectivity index (χ0n) is 10.2. The monoisotopic (exact) mass is 231 g/mol. The predicted octanol–water partition coefficient (Wildman–Crippen LogP) is 1.86. The average Bonchev–Trinajstić information content (AvgIpc) is 2.34. The minimum Gasteiger partial charge on any atom is -0.376 e. The molecule has 1 amide bonds. The van der Waals surface area contributed by atoms with Crippen LogP contribution in [0, 0.1) is 11.3 Å². The second-order valence-corrected chi connectivity index (χ2v) is 4.03. The molecule has 0 bridgehead atoms. The molecular formula is C13H17N3O. The van der Waals surface area contributed by atoms with E-state index in [1.54, 1.807) is 0 Å². The topological polar surface area (TPSA) is 64.9 Å². The van der Waals surface area contributed by atoms with Gasteiger partial charge >= 0.3 is 0 Å². The summed E-state index contributed by atoms with van der Waals surface area (Å²) in [5.41, 5.74) is 2.15. The molecule has 0 heterocycles. The van der Waals surface area contributed by atoms with Crippen LogP contribution < -0.4 is 10.6 Å². The fraction of sp³-hybridized carbons (Fsp3) is 0.385. The van der Waals surface area contributed by atoms with Gasteiger partial charge in [0.15, 0.2) is 0 Å². The molecule has 2 N–H and O–H groups in total. The number of hydrogen-bond acceptors (Lipinski definition) is 3. The first-order valence-electron chi connectivity index (χ1n) is 5.61. The Morgan fingerprint density at radius 3 is 2.76 bits per heavy atom. The van der Waals surface area contributed by atoms with Crippen LogP contribution in [0.5, 0.6) is 0 Å². The van der Waals surface area contributed by atoms with Crippen LogP contribution in [0.3, 0.4) is 0 Å². The number of benzene rings is 1. The van der Waals surface area contributed by atoms with E-state index in [1.807, 2.05) is 30.3 Å². The normalized spacial score (nSPS) is 9.76. The predicted molar refractivity (Wildman–Crippen MR) is 67.6 cm³/mol. The highest BCUT2D eigenvalue weighted by molar-refractivity contribution is 5.81. The van der Waals surface area contributed by atoms with E-state index < -0.39 is 0 Å². The highest BCUT2D eigenvalue weighted by Gasteiger charge is 2.06. The Morgan fingerprint density at radius 2 is 2.12 bits per heavy atom. The fourth-order valence-corrected chi connectivity index (χ4v) is 1.54. The number of nitrogens with one attached hydrogen (secondary N) is 2. The summed E-state index contributed by atoms with van der Waals surface area (Å²) in [7, 11) is 0. The average molecular weight is 231 g/mol. The second-order valence-electron chi connectivity index (χ2n) is 4.03. The van der Waals surface area contributed by atoms with Crippen molar-refractivity contribution in [3.63, 3.8) is 0 Å². The number of hydrogen-bond donors (Lipinski definition) is 2. The maximum absolute atomic E-state index is 11.3. The second kappa shape index (κ2) is 6.54. The van der Waals surface area contributed by atoms with Crippen molar-refractivity contribution in [1.29, 1.82) is 5.26 Å². The molecule has 4 nitrogen and oxygen atoms in total. The van der Waals surface area contributed by atoms with Crippen molar-refractivity contribution in [3.05, 3.63) is 29.8 Å². The lowest BCUT2D eigenvalue weighted by atomic mass is 10.0. The number of nitrogens with zero attached hydrogens (tertiary/aromatic N) is 1. The Bertz CT molecular complexity index is 421. The summed E-state index contributed by atoms with van der Waals surface area (Å²) < 4.78 is 0. The highest BCUT2D eigenvalue weighted by atomic mass is 16.1. The fourth-order valence-electron chi connectivity index (χ4n) is 1.54. The molecule has 1 aromatic carbocycles. The van der Waals surface area contributed by atoms with Crippen molar-refractivity contribution in [2.45, 2.75) is 19.8 Å². The molecule has 0 unspecified atom stereocenters. The summed E-state index contributed by atoms with van der Waals surface area (Å²) in [6, 6.07) is 9.77. The molecule has 0 fully saturated rings. The van der Waals surface area contributed by atoms with Gasteiger partial charge in [0.05, 0.1) is 12.6 Å². The number of para-hydroxylation sites is 1. The molecule has 0 spiro atoms. The molecule has 1 rings (SSSR count). The van der Waals surface area contributed by atoms with Crippen molar-refractivity contribution in [2.24, 2.45) is 0 Å². The SMILES string of the molecule is CC(C)c1ccccc1NCC(=O)NCC#N. The summed E-state index contributed by atoms with van der Waals surface area (Å²) in [4.78, 5) is 11.3. The molecule has 1 aromatic rings. The van der Waals surface area contributed by atoms with Crippen LogP contribution in [0.1, 0.15) is 25.3 Å². The van der Waals surface area contributed by atoms with Crippen molar-refractivity contribution in [3.8, 4) is 6.07 Å². The van der Waals surface area contributed by atoms with Crippen LogP contribution in [0.15, 0.2) is 24.3 Å². The lowest BCUT2D eigenvalue weighted by molar-refractivity contribution is -0.119. The van der Waals surface area contributed by atoms with Gasteiger partial charge in [-0.25, -0.2) is 0 Å². The van der Waals surface area contributed by atoms with Crippen LogP contribution in [-0.2, 0) is 4.79 Å². The first kappa shape index (κ1) is 13.0. The van der Waals surface area contributed by atoms with Crippen LogP contribution in [-0.4, -0.2) is 19.0 Å². The summed E-state index contributed by atoms with van der Waals surface area (Å²) in [5.74, 6) is 0.228. The van der Waals surface area contributed by atoms with Gasteiger partial charge < -0.3 is 10.6 Å². The first-order valence-corrected chi connectivity index (χ1v) is 5.61. The van der Waals surface area contributed by atoms with E-state index in [-0.39, 0.29) is 19.0 Å². The van der Waals surface area contributed by atoms with Crippen molar-refractivity contribution < 1.29 is 4.79 Å². The van der Waals surface area contributed by atoms with Gasteiger partial charge in [-0.15, -0.1) is 0 Å². The Balaban J connectivity index is 2.57. The Labute approximate surface area is 102 Å². The minimum absolute atomic E-state index is 0.0480. The molecule has 0 saturated heterocycles. The van der Waals surface area contributed by atoms with Gasteiger partial charge in [-0.3, -0.25) is 4.79 Å². The van der Waals surface area contributed by atoms with E-state index in [2.05, 4.69) is 24.5 Å². The number of anilines is 1. The lowest BCUT2D eigenvalue weighted by Gasteiger charge is -2.13. The van der Waals surface area contributed by atoms with Crippen LogP contribution in [0.2, 0.25) is 0 Å². The maximum atomic E-state index is 11.3. The largest absolute Gasteiger partial charge is 0.376 e. The number of rotatable bonds is 5. The number of carbonyl (C=O) groups is 1. The molecular weight excluding hydrogens is 214 g/mol. The summed E-state index contributed by atoms with van der Waals surface area (Å²) in [6.07, 6.45) is 0. The maximum Gasteiger partial charge on any atom is 0.240 e. The van der Waals surface area contributed by atoms with Gasteiger partial charge in [0.2, 0.25) is 5.91 Å². The third kappa shape index (κ3) is 4.15. The van der Waals surface area contributed by atoms with Crippen molar-refractivity contribution in [1.82, 2.24) is 5.32 Å². The Morgan fingerprint density at radius 1 is 1.41 bits per heavy atom. The van der Waals surface area contributed by atoms with Crippen LogP contribution >= 0.6 is 0 Å². The molecule has 0 aliphatic heterocycles. The third-order valence-electron chi connectivity index (χ3n) is 2.39. The molecule has 0 aromatic heterocycles. The van der Waals surface area contributed by atoms with E-state index in [4.69, 9.17) is 5.26 Å². The molecule has 0 radical (unpaired) electrons. The van der Waals surface area contributed by atoms with Gasteiger partial charge in [-0.1, -0.05) is 32.0 Å². The summed E-state index contributed by atoms with van der Waals surface area (Å²) in [6.45, 7) is 4.45. The number of nitriles is 1. The van der Waals surface area contributed by atoms with Crippen LogP contribution in [0.25, 0.3) is 0 Å². The Hall–Kier alpha value is -2.02. The zero-order valence-corrected chi connectivity index (χ0v) is 10.2. The standard InChI is InChI=1S/C13H17N3O/c1-10(2)11-5-3-4-6-12(11)16-9-13(17)15-8-7-14/h3-6,10,16H,8-9H2,1-2H3,(H,15,17). The minimum atomic E-state index is -0.176. The molecule has 0 aliphatic rings. The highest BCUT2D eigenvalue weighted by Crippen LogP contribution is 2.23.